The van der Waals surface area contributed by atoms with Gasteiger partial charge in [0.2, 0.25) is 0 Å². The van der Waals surface area contributed by atoms with Gasteiger partial charge in [-0.1, -0.05) is 54.2 Å². The molecule has 5 nitrogen and oxygen atoms in total. The van der Waals surface area contributed by atoms with Gasteiger partial charge in [0.15, 0.2) is 11.5 Å². The van der Waals surface area contributed by atoms with Crippen molar-refractivity contribution in [3.63, 3.8) is 0 Å². The number of imidazole rings is 2. The molecule has 176 valence electrons. The van der Waals surface area contributed by atoms with Crippen molar-refractivity contribution in [2.24, 2.45) is 5.41 Å². The third kappa shape index (κ3) is 3.07. The molecule has 0 unspecified atom stereocenters. The Kier molecular flexibility index (Phi) is 4.38. The van der Waals surface area contributed by atoms with Gasteiger partial charge in [-0.2, -0.15) is 0 Å². The number of pyridine rings is 2. The summed E-state index contributed by atoms with van der Waals surface area (Å²) < 4.78 is 2.23. The van der Waals surface area contributed by atoms with E-state index in [0.717, 1.165) is 46.1 Å². The van der Waals surface area contributed by atoms with Crippen molar-refractivity contribution in [2.45, 2.75) is 35.5 Å². The second-order valence-electron chi connectivity index (χ2n) is 10.3. The summed E-state index contributed by atoms with van der Waals surface area (Å²) in [5.41, 5.74) is 7.63. The number of piperidine rings is 1. The van der Waals surface area contributed by atoms with Crippen LogP contribution in [0, 0.1) is 5.41 Å². The largest absolute Gasteiger partial charge is 0.355 e. The van der Waals surface area contributed by atoms with Crippen molar-refractivity contribution < 1.29 is 0 Å². The van der Waals surface area contributed by atoms with Gasteiger partial charge >= 0.3 is 0 Å². The van der Waals surface area contributed by atoms with Crippen molar-refractivity contribution >= 4 is 45.3 Å². The Morgan fingerprint density at radius 3 is 2.39 bits per heavy atom. The smallest absolute Gasteiger partial charge is 0.157 e. The molecule has 0 N–H and O–H groups in total. The van der Waals surface area contributed by atoms with Gasteiger partial charge < -0.3 is 4.90 Å². The molecule has 0 saturated carbocycles. The molecule has 1 spiro atoms. The van der Waals surface area contributed by atoms with Gasteiger partial charge in [-0.25, -0.2) is 9.97 Å². The van der Waals surface area contributed by atoms with Crippen LogP contribution in [0.1, 0.15) is 24.0 Å². The van der Waals surface area contributed by atoms with E-state index in [9.17, 15) is 0 Å². The maximum absolute atomic E-state index is 5.08. The van der Waals surface area contributed by atoms with Crippen molar-refractivity contribution in [1.82, 2.24) is 19.4 Å². The van der Waals surface area contributed by atoms with Gasteiger partial charge in [0.1, 0.15) is 11.2 Å². The molecule has 6 aromatic rings. The van der Waals surface area contributed by atoms with Crippen LogP contribution in [-0.2, 0) is 12.8 Å². The van der Waals surface area contributed by atoms with Crippen molar-refractivity contribution in [2.75, 3.05) is 18.0 Å². The molecule has 0 radical (unpaired) electrons. The average molecular weight is 488 g/mol. The normalized spacial score (nSPS) is 17.1. The third-order valence-electron chi connectivity index (χ3n) is 8.25. The van der Waals surface area contributed by atoms with Crippen molar-refractivity contribution in [1.29, 1.82) is 0 Å². The number of benzene rings is 2. The van der Waals surface area contributed by atoms with Crippen LogP contribution in [0.3, 0.4) is 0 Å². The molecule has 4 aromatic heterocycles. The van der Waals surface area contributed by atoms with E-state index >= 15 is 0 Å². The number of hydrogen-bond donors (Lipinski definition) is 0. The highest BCUT2D eigenvalue weighted by Crippen LogP contribution is 2.46. The van der Waals surface area contributed by atoms with E-state index in [0.29, 0.717) is 5.41 Å². The Labute approximate surface area is 213 Å². The van der Waals surface area contributed by atoms with Crippen LogP contribution < -0.4 is 4.90 Å². The summed E-state index contributed by atoms with van der Waals surface area (Å²) in [6.07, 6.45) is 8.79. The lowest BCUT2D eigenvalue weighted by molar-refractivity contribution is 0.232. The Balaban J connectivity index is 1.10. The number of hydrogen-bond acceptors (Lipinski definition) is 5. The van der Waals surface area contributed by atoms with E-state index in [1.54, 1.807) is 22.9 Å². The predicted molar refractivity (Wildman–Crippen MR) is 145 cm³/mol. The minimum absolute atomic E-state index is 0.427. The first-order valence-electron chi connectivity index (χ1n) is 12.7. The number of nitrogens with zero attached hydrogens (tertiary/aromatic N) is 5. The fourth-order valence-electron chi connectivity index (χ4n) is 6.38. The average Bonchev–Trinajstić information content (AvgIpc) is 3.61. The minimum atomic E-state index is 0.427. The molecule has 6 heteroatoms. The fourth-order valence-corrected chi connectivity index (χ4v) is 7.40. The van der Waals surface area contributed by atoms with E-state index in [2.05, 4.69) is 74.9 Å². The Morgan fingerprint density at radius 2 is 1.56 bits per heavy atom. The van der Waals surface area contributed by atoms with Crippen LogP contribution in [-0.4, -0.2) is 32.4 Å². The molecule has 1 saturated heterocycles. The molecule has 0 amide bonds. The van der Waals surface area contributed by atoms with E-state index in [1.807, 2.05) is 18.5 Å². The second-order valence-corrected chi connectivity index (χ2v) is 11.4. The summed E-state index contributed by atoms with van der Waals surface area (Å²) in [5.74, 6) is 1.08. The Bertz CT molecular complexity index is 1720. The Morgan fingerprint density at radius 1 is 0.778 bits per heavy atom. The summed E-state index contributed by atoms with van der Waals surface area (Å²) in [4.78, 5) is 19.3. The summed E-state index contributed by atoms with van der Waals surface area (Å²) in [6, 6.07) is 23.7. The first-order valence-corrected chi connectivity index (χ1v) is 13.5. The highest BCUT2D eigenvalue weighted by molar-refractivity contribution is 7.99. The van der Waals surface area contributed by atoms with Crippen LogP contribution in [0.25, 0.3) is 27.7 Å². The van der Waals surface area contributed by atoms with Crippen LogP contribution in [0.15, 0.2) is 88.9 Å². The SMILES string of the molecule is c1ccc2c(c1)CC1(CCN(c3nc4ccc(Sc5ccnc6ccccc56)c5ncc3n45)CC1)C2. The zero-order chi connectivity index (χ0) is 23.7. The first kappa shape index (κ1) is 20.5. The summed E-state index contributed by atoms with van der Waals surface area (Å²) >= 11 is 1.75. The maximum atomic E-state index is 5.08. The highest BCUT2D eigenvalue weighted by atomic mass is 32.2. The number of fused-ring (bicyclic) bond motifs is 2. The lowest BCUT2D eigenvalue weighted by atomic mass is 9.76. The second kappa shape index (κ2) is 7.68. The highest BCUT2D eigenvalue weighted by Gasteiger charge is 2.40. The molecular weight excluding hydrogens is 462 g/mol. The predicted octanol–water partition coefficient (Wildman–Crippen LogP) is 6.41. The minimum Gasteiger partial charge on any atom is -0.355 e. The van der Waals surface area contributed by atoms with Crippen molar-refractivity contribution in [3.05, 3.63) is 90.3 Å². The topological polar surface area (TPSA) is 46.3 Å². The molecule has 2 aliphatic rings. The maximum Gasteiger partial charge on any atom is 0.157 e. The van der Waals surface area contributed by atoms with E-state index in [4.69, 9.17) is 9.97 Å². The zero-order valence-electron chi connectivity index (χ0n) is 19.9. The van der Waals surface area contributed by atoms with Crippen LogP contribution >= 0.6 is 11.8 Å². The van der Waals surface area contributed by atoms with Gasteiger partial charge in [0.05, 0.1) is 16.6 Å². The lowest BCUT2D eigenvalue weighted by Crippen LogP contribution is -2.40. The van der Waals surface area contributed by atoms with Crippen LogP contribution in [0.5, 0.6) is 0 Å². The first-order chi connectivity index (χ1) is 17.8. The van der Waals surface area contributed by atoms with Gasteiger partial charge in [-0.3, -0.25) is 9.38 Å². The molecule has 0 atom stereocenters. The summed E-state index contributed by atoms with van der Waals surface area (Å²) in [6.45, 7) is 2.11. The Hall–Kier alpha value is -3.64. The van der Waals surface area contributed by atoms with Crippen molar-refractivity contribution in [3.8, 4) is 0 Å². The summed E-state index contributed by atoms with van der Waals surface area (Å²) in [5, 5.41) is 1.17. The monoisotopic (exact) mass is 487 g/mol. The van der Waals surface area contributed by atoms with E-state index in [-0.39, 0.29) is 0 Å². The molecule has 1 fully saturated rings. The zero-order valence-corrected chi connectivity index (χ0v) is 20.7. The standard InChI is InChI=1S/C30H25N5S/c1-2-6-21-18-30(17-20(21)5-1)12-15-34(16-13-30)28-24-19-32-29-26(9-10-27(33-28)35(24)29)36-25-11-14-31-23-8-4-3-7-22(23)25/h1-11,14,19H,12-13,15-18H2. The molecule has 8 rings (SSSR count). The third-order valence-corrected chi connectivity index (χ3v) is 9.36. The van der Waals surface area contributed by atoms with Gasteiger partial charge in [0.25, 0.3) is 0 Å². The number of para-hydroxylation sites is 1. The van der Waals surface area contributed by atoms with Gasteiger partial charge in [0, 0.05) is 29.6 Å². The van der Waals surface area contributed by atoms with Crippen LogP contribution in [0.2, 0.25) is 0 Å². The number of aromatic nitrogens is 4. The van der Waals surface area contributed by atoms with E-state index < -0.39 is 0 Å². The summed E-state index contributed by atoms with van der Waals surface area (Å²) in [7, 11) is 0. The molecule has 1 aliphatic carbocycles. The van der Waals surface area contributed by atoms with Crippen LogP contribution in [0.4, 0.5) is 5.82 Å². The molecule has 5 heterocycles. The number of rotatable bonds is 3. The molecule has 2 aromatic carbocycles. The lowest BCUT2D eigenvalue weighted by Gasteiger charge is -2.39. The van der Waals surface area contributed by atoms with Gasteiger partial charge in [-0.05, 0) is 66.5 Å². The molecule has 36 heavy (non-hydrogen) atoms. The fraction of sp³-hybridized carbons (Fsp3) is 0.233. The molecule has 1 aliphatic heterocycles. The van der Waals surface area contributed by atoms with E-state index in [1.165, 1.54) is 36.0 Å². The molecule has 0 bridgehead atoms. The van der Waals surface area contributed by atoms with Gasteiger partial charge in [-0.15, -0.1) is 0 Å². The molecular formula is C30H25N5S. The quantitative estimate of drug-likeness (QED) is 0.289. The number of anilines is 1.